The van der Waals surface area contributed by atoms with Crippen molar-refractivity contribution in [3.05, 3.63) is 105 Å². The van der Waals surface area contributed by atoms with E-state index in [1.54, 1.807) is 36.4 Å². The summed E-state index contributed by atoms with van der Waals surface area (Å²) in [5, 5.41) is 1.95. The average Bonchev–Trinajstić information content (AvgIpc) is 2.86. The fourth-order valence-electron chi connectivity index (χ4n) is 3.79. The molecule has 0 aliphatic heterocycles. The van der Waals surface area contributed by atoms with Crippen LogP contribution in [-0.2, 0) is 11.3 Å². The van der Waals surface area contributed by atoms with Gasteiger partial charge in [-0.3, -0.25) is 0 Å². The van der Waals surface area contributed by atoms with E-state index in [0.717, 1.165) is 5.56 Å². The van der Waals surface area contributed by atoms with E-state index in [-0.39, 0.29) is 6.61 Å². The number of hydrogen-bond donors (Lipinski definition) is 0. The van der Waals surface area contributed by atoms with E-state index in [4.69, 9.17) is 25.5 Å². The van der Waals surface area contributed by atoms with Crippen molar-refractivity contribution in [3.63, 3.8) is 0 Å². The Labute approximate surface area is 199 Å². The third-order valence-corrected chi connectivity index (χ3v) is 5.72. The number of nitrogens with zero attached hydrogens (tertiary/aromatic N) is 1. The van der Waals surface area contributed by atoms with Crippen LogP contribution >= 0.6 is 11.6 Å². The second kappa shape index (κ2) is 9.00. The summed E-state index contributed by atoms with van der Waals surface area (Å²) >= 11 is 6.01. The van der Waals surface area contributed by atoms with Crippen molar-refractivity contribution >= 4 is 39.4 Å². The predicted octanol–water partition coefficient (Wildman–Crippen LogP) is 6.03. The molecule has 0 radical (unpaired) electrons. The van der Waals surface area contributed by atoms with Gasteiger partial charge in [0.15, 0.2) is 0 Å². The molecule has 0 atom stereocenters. The molecule has 34 heavy (non-hydrogen) atoms. The van der Waals surface area contributed by atoms with Gasteiger partial charge in [-0.15, -0.1) is 0 Å². The maximum atomic E-state index is 13.2. The Kier molecular flexibility index (Phi) is 5.74. The molecular formula is C27H18ClNO5. The first kappa shape index (κ1) is 21.7. The van der Waals surface area contributed by atoms with Gasteiger partial charge in [0.25, 0.3) is 0 Å². The third kappa shape index (κ3) is 4.23. The molecule has 5 aromatic rings. The van der Waals surface area contributed by atoms with Crippen molar-refractivity contribution < 1.29 is 18.7 Å². The summed E-state index contributed by atoms with van der Waals surface area (Å²) in [6.07, 6.45) is 0. The lowest BCUT2D eigenvalue weighted by molar-refractivity contribution is 0.0476. The Morgan fingerprint density at radius 2 is 1.76 bits per heavy atom. The van der Waals surface area contributed by atoms with Gasteiger partial charge in [-0.1, -0.05) is 41.9 Å². The molecule has 2 aromatic heterocycles. The fraction of sp³-hybridized carbons (Fsp3) is 0.0741. The maximum absolute atomic E-state index is 13.2. The zero-order chi connectivity index (χ0) is 23.7. The number of ether oxygens (including phenoxy) is 2. The lowest BCUT2D eigenvalue weighted by Gasteiger charge is -2.11. The van der Waals surface area contributed by atoms with Gasteiger partial charge in [0.2, 0.25) is 0 Å². The van der Waals surface area contributed by atoms with Gasteiger partial charge < -0.3 is 13.9 Å². The number of rotatable bonds is 5. The molecule has 0 aliphatic carbocycles. The first-order chi connectivity index (χ1) is 16.5. The minimum absolute atomic E-state index is 0.0970. The number of benzene rings is 3. The molecule has 0 saturated heterocycles. The van der Waals surface area contributed by atoms with Crippen molar-refractivity contribution in [2.24, 2.45) is 0 Å². The quantitative estimate of drug-likeness (QED) is 0.230. The minimum atomic E-state index is -0.536. The van der Waals surface area contributed by atoms with Crippen LogP contribution in [0.4, 0.5) is 0 Å². The van der Waals surface area contributed by atoms with E-state index in [1.807, 2.05) is 36.4 Å². The number of pyridine rings is 1. The second-order valence-corrected chi connectivity index (χ2v) is 8.04. The number of methoxy groups -OCH3 is 1. The van der Waals surface area contributed by atoms with Crippen LogP contribution < -0.4 is 10.4 Å². The maximum Gasteiger partial charge on any atom is 0.339 e. The highest BCUT2D eigenvalue weighted by Crippen LogP contribution is 2.27. The van der Waals surface area contributed by atoms with Crippen molar-refractivity contribution in [2.45, 2.75) is 6.61 Å². The Hall–Kier alpha value is -4.16. The molecular weight excluding hydrogens is 454 g/mol. The van der Waals surface area contributed by atoms with E-state index in [0.29, 0.717) is 49.5 Å². The molecule has 0 N–H and O–H groups in total. The normalized spacial score (nSPS) is 11.0. The molecule has 0 spiro atoms. The predicted molar refractivity (Wildman–Crippen MR) is 130 cm³/mol. The van der Waals surface area contributed by atoms with Crippen LogP contribution in [0.15, 0.2) is 88.1 Å². The van der Waals surface area contributed by atoms with Gasteiger partial charge in [-0.05, 0) is 36.4 Å². The summed E-state index contributed by atoms with van der Waals surface area (Å²) in [4.78, 5) is 29.9. The highest BCUT2D eigenvalue weighted by Gasteiger charge is 2.17. The van der Waals surface area contributed by atoms with E-state index >= 15 is 0 Å². The molecule has 168 valence electrons. The van der Waals surface area contributed by atoms with Gasteiger partial charge in [0.05, 0.1) is 23.9 Å². The Morgan fingerprint density at radius 3 is 2.56 bits per heavy atom. The summed E-state index contributed by atoms with van der Waals surface area (Å²) in [6.45, 7) is -0.0970. The molecule has 0 bridgehead atoms. The standard InChI is InChI=1S/C27H18ClNO5/c1-32-19-10-11-20-17(12-26(30)34-25(20)13-19)15-33-27(31)22-14-24(16-6-8-18(28)9-7-16)29-23-5-3-2-4-21(22)23/h2-14H,15H2,1H3. The number of esters is 1. The van der Waals surface area contributed by atoms with Gasteiger partial charge in [-0.25, -0.2) is 14.6 Å². The number of halogens is 1. The monoisotopic (exact) mass is 471 g/mol. The zero-order valence-electron chi connectivity index (χ0n) is 18.1. The molecule has 5 rings (SSSR count). The van der Waals surface area contributed by atoms with Crippen LogP contribution in [-0.4, -0.2) is 18.1 Å². The van der Waals surface area contributed by atoms with Crippen LogP contribution in [0.25, 0.3) is 33.1 Å². The average molecular weight is 472 g/mol. The summed E-state index contributed by atoms with van der Waals surface area (Å²) < 4.78 is 16.1. The molecule has 6 nitrogen and oxygen atoms in total. The number of carbonyl (C=O) groups excluding carboxylic acids is 1. The molecule has 0 unspecified atom stereocenters. The summed E-state index contributed by atoms with van der Waals surface area (Å²) in [5.74, 6) is 0.0338. The highest BCUT2D eigenvalue weighted by molar-refractivity contribution is 6.30. The van der Waals surface area contributed by atoms with E-state index < -0.39 is 11.6 Å². The highest BCUT2D eigenvalue weighted by atomic mass is 35.5. The Bertz CT molecular complexity index is 1590. The van der Waals surface area contributed by atoms with Gasteiger partial charge in [0, 0.05) is 39.1 Å². The number of carbonyl (C=O) groups is 1. The second-order valence-electron chi connectivity index (χ2n) is 7.61. The van der Waals surface area contributed by atoms with Crippen LogP contribution in [0.2, 0.25) is 5.02 Å². The van der Waals surface area contributed by atoms with Crippen molar-refractivity contribution in [1.29, 1.82) is 0 Å². The molecule has 0 amide bonds. The number of aromatic nitrogens is 1. The Balaban J connectivity index is 1.51. The lowest BCUT2D eigenvalue weighted by Crippen LogP contribution is -2.09. The van der Waals surface area contributed by atoms with Crippen LogP contribution in [0.3, 0.4) is 0 Å². The minimum Gasteiger partial charge on any atom is -0.497 e. The Morgan fingerprint density at radius 1 is 0.971 bits per heavy atom. The first-order valence-electron chi connectivity index (χ1n) is 10.5. The zero-order valence-corrected chi connectivity index (χ0v) is 18.8. The topological polar surface area (TPSA) is 78.6 Å². The van der Waals surface area contributed by atoms with E-state index in [2.05, 4.69) is 4.98 Å². The summed E-state index contributed by atoms with van der Waals surface area (Å²) in [7, 11) is 1.53. The van der Waals surface area contributed by atoms with Gasteiger partial charge >= 0.3 is 11.6 Å². The number of para-hydroxylation sites is 1. The van der Waals surface area contributed by atoms with E-state index in [9.17, 15) is 9.59 Å². The largest absolute Gasteiger partial charge is 0.497 e. The molecule has 2 heterocycles. The summed E-state index contributed by atoms with van der Waals surface area (Å²) in [6, 6.07) is 22.8. The molecule has 0 aliphatic rings. The summed E-state index contributed by atoms with van der Waals surface area (Å²) in [5.41, 5.74) is 2.86. The van der Waals surface area contributed by atoms with E-state index in [1.165, 1.54) is 13.2 Å². The number of hydrogen-bond acceptors (Lipinski definition) is 6. The van der Waals surface area contributed by atoms with Crippen molar-refractivity contribution in [3.8, 4) is 17.0 Å². The number of fused-ring (bicyclic) bond motifs is 2. The van der Waals surface area contributed by atoms with Gasteiger partial charge in [0.1, 0.15) is 17.9 Å². The first-order valence-corrected chi connectivity index (χ1v) is 10.8. The molecule has 0 fully saturated rings. The van der Waals surface area contributed by atoms with Gasteiger partial charge in [-0.2, -0.15) is 0 Å². The third-order valence-electron chi connectivity index (χ3n) is 5.47. The molecule has 0 saturated carbocycles. The molecule has 7 heteroatoms. The lowest BCUT2D eigenvalue weighted by atomic mass is 10.0. The van der Waals surface area contributed by atoms with Crippen molar-refractivity contribution in [2.75, 3.05) is 7.11 Å². The SMILES string of the molecule is COc1ccc2c(COC(=O)c3cc(-c4ccc(Cl)cc4)nc4ccccc34)cc(=O)oc2c1. The van der Waals surface area contributed by atoms with Crippen LogP contribution in [0.5, 0.6) is 5.75 Å². The van der Waals surface area contributed by atoms with Crippen LogP contribution in [0, 0.1) is 0 Å². The smallest absolute Gasteiger partial charge is 0.339 e. The van der Waals surface area contributed by atoms with Crippen LogP contribution in [0.1, 0.15) is 15.9 Å². The van der Waals surface area contributed by atoms with Crippen molar-refractivity contribution in [1.82, 2.24) is 4.98 Å². The molecule has 3 aromatic carbocycles. The fourth-order valence-corrected chi connectivity index (χ4v) is 3.92.